The van der Waals surface area contributed by atoms with Crippen LogP contribution >= 0.6 is 0 Å². The molecule has 0 fully saturated rings. The minimum absolute atomic E-state index is 0.297. The summed E-state index contributed by atoms with van der Waals surface area (Å²) in [6.07, 6.45) is 2.26. The SMILES string of the molecule is CCC1=NC2=C(CCN(Cc3ccccc3)C2)C(=O)C1. The third-order valence-electron chi connectivity index (χ3n) is 4.05. The van der Waals surface area contributed by atoms with E-state index in [-0.39, 0.29) is 0 Å². The van der Waals surface area contributed by atoms with Gasteiger partial charge in [-0.15, -0.1) is 0 Å². The Morgan fingerprint density at radius 2 is 2.05 bits per heavy atom. The lowest BCUT2D eigenvalue weighted by Crippen LogP contribution is -2.34. The highest BCUT2D eigenvalue weighted by atomic mass is 16.1. The molecule has 0 unspecified atom stereocenters. The molecular weight excluding hydrogens is 248 g/mol. The quantitative estimate of drug-likeness (QED) is 0.844. The monoisotopic (exact) mass is 268 g/mol. The van der Waals surface area contributed by atoms with Crippen LogP contribution in [0.25, 0.3) is 0 Å². The van der Waals surface area contributed by atoms with Gasteiger partial charge in [0.2, 0.25) is 0 Å². The van der Waals surface area contributed by atoms with E-state index in [0.717, 1.165) is 49.5 Å². The summed E-state index contributed by atoms with van der Waals surface area (Å²) in [5.74, 6) is 0.297. The Morgan fingerprint density at radius 1 is 1.25 bits per heavy atom. The summed E-state index contributed by atoms with van der Waals surface area (Å²) in [7, 11) is 0. The number of Topliss-reactive ketones (excluding diaryl/α,β-unsaturated/α-hetero) is 1. The third kappa shape index (κ3) is 2.73. The molecule has 0 amide bonds. The number of aliphatic imine (C=N–C) groups is 1. The second kappa shape index (κ2) is 5.71. The van der Waals surface area contributed by atoms with Crippen molar-refractivity contribution in [1.82, 2.24) is 4.90 Å². The number of benzene rings is 1. The highest BCUT2D eigenvalue weighted by Gasteiger charge is 2.27. The summed E-state index contributed by atoms with van der Waals surface area (Å²) in [5, 5.41) is 0. The van der Waals surface area contributed by atoms with Crippen molar-refractivity contribution in [3.05, 3.63) is 47.2 Å². The molecule has 3 nitrogen and oxygen atoms in total. The van der Waals surface area contributed by atoms with Crippen molar-refractivity contribution in [3.63, 3.8) is 0 Å². The van der Waals surface area contributed by atoms with Crippen LogP contribution < -0.4 is 0 Å². The summed E-state index contributed by atoms with van der Waals surface area (Å²) in [6, 6.07) is 10.5. The van der Waals surface area contributed by atoms with Crippen LogP contribution in [0.15, 0.2) is 46.6 Å². The van der Waals surface area contributed by atoms with Gasteiger partial charge < -0.3 is 0 Å². The fraction of sp³-hybridized carbons (Fsp3) is 0.412. The molecular formula is C17H20N2O. The summed E-state index contributed by atoms with van der Waals surface area (Å²) < 4.78 is 0. The van der Waals surface area contributed by atoms with Crippen LogP contribution in [0.3, 0.4) is 0 Å². The molecule has 0 aromatic heterocycles. The van der Waals surface area contributed by atoms with Gasteiger partial charge in [0, 0.05) is 37.3 Å². The van der Waals surface area contributed by atoms with Gasteiger partial charge in [-0.05, 0) is 18.4 Å². The van der Waals surface area contributed by atoms with Gasteiger partial charge in [-0.25, -0.2) is 0 Å². The molecule has 0 N–H and O–H groups in total. The van der Waals surface area contributed by atoms with Crippen molar-refractivity contribution in [2.75, 3.05) is 13.1 Å². The first-order valence-corrected chi connectivity index (χ1v) is 7.34. The molecule has 2 aliphatic heterocycles. The van der Waals surface area contributed by atoms with Gasteiger partial charge in [-0.2, -0.15) is 0 Å². The first-order valence-electron chi connectivity index (χ1n) is 7.34. The third-order valence-corrected chi connectivity index (χ3v) is 4.05. The van der Waals surface area contributed by atoms with Gasteiger partial charge in [0.05, 0.1) is 5.70 Å². The average molecular weight is 268 g/mol. The molecule has 0 aliphatic carbocycles. The minimum Gasteiger partial charge on any atom is -0.294 e. The van der Waals surface area contributed by atoms with E-state index in [0.29, 0.717) is 12.2 Å². The van der Waals surface area contributed by atoms with E-state index >= 15 is 0 Å². The van der Waals surface area contributed by atoms with E-state index in [4.69, 9.17) is 4.99 Å². The van der Waals surface area contributed by atoms with Crippen LogP contribution in [-0.2, 0) is 11.3 Å². The zero-order valence-electron chi connectivity index (χ0n) is 11.9. The maximum Gasteiger partial charge on any atom is 0.166 e. The lowest BCUT2D eigenvalue weighted by atomic mass is 9.93. The maximum atomic E-state index is 12.1. The summed E-state index contributed by atoms with van der Waals surface area (Å²) >= 11 is 0. The standard InChI is InChI=1S/C17H20N2O/c1-2-14-10-17(20)15-8-9-19(12-16(15)18-14)11-13-6-4-3-5-7-13/h3-7H,2,8-12H2,1H3. The fourth-order valence-electron chi connectivity index (χ4n) is 2.91. The molecule has 0 saturated carbocycles. The van der Waals surface area contributed by atoms with E-state index < -0.39 is 0 Å². The van der Waals surface area contributed by atoms with Crippen LogP contribution in [0.2, 0.25) is 0 Å². The number of hydrogen-bond acceptors (Lipinski definition) is 3. The molecule has 3 heteroatoms. The van der Waals surface area contributed by atoms with Crippen LogP contribution in [0, 0.1) is 0 Å². The van der Waals surface area contributed by atoms with Crippen LogP contribution in [0.4, 0.5) is 0 Å². The number of ketones is 1. The average Bonchev–Trinajstić information content (AvgIpc) is 2.48. The molecule has 0 saturated heterocycles. The first-order chi connectivity index (χ1) is 9.76. The van der Waals surface area contributed by atoms with Crippen molar-refractivity contribution in [2.45, 2.75) is 32.7 Å². The Labute approximate surface area is 120 Å². The highest BCUT2D eigenvalue weighted by Crippen LogP contribution is 2.26. The number of rotatable bonds is 3. The molecule has 0 spiro atoms. The molecule has 3 rings (SSSR count). The summed E-state index contributed by atoms with van der Waals surface area (Å²) in [4.78, 5) is 19.2. The minimum atomic E-state index is 0.297. The second-order valence-electron chi connectivity index (χ2n) is 5.50. The van der Waals surface area contributed by atoms with E-state index in [2.05, 4.69) is 36.1 Å². The molecule has 1 aromatic carbocycles. The summed E-state index contributed by atoms with van der Waals surface area (Å²) in [5.41, 5.74) is 4.35. The van der Waals surface area contributed by atoms with Crippen molar-refractivity contribution in [3.8, 4) is 0 Å². The fourth-order valence-corrected chi connectivity index (χ4v) is 2.91. The lowest BCUT2D eigenvalue weighted by Gasteiger charge is -2.31. The largest absolute Gasteiger partial charge is 0.294 e. The van der Waals surface area contributed by atoms with E-state index in [1.165, 1.54) is 5.56 Å². The smallest absolute Gasteiger partial charge is 0.166 e. The van der Waals surface area contributed by atoms with Gasteiger partial charge in [0.25, 0.3) is 0 Å². The van der Waals surface area contributed by atoms with E-state index in [1.807, 2.05) is 6.07 Å². The summed E-state index contributed by atoms with van der Waals surface area (Å²) in [6.45, 7) is 4.76. The molecule has 0 radical (unpaired) electrons. The molecule has 1 aromatic rings. The van der Waals surface area contributed by atoms with Gasteiger partial charge in [-0.3, -0.25) is 14.7 Å². The number of hydrogen-bond donors (Lipinski definition) is 0. The lowest BCUT2D eigenvalue weighted by molar-refractivity contribution is -0.115. The Bertz CT molecular complexity index is 572. The molecule has 0 atom stereocenters. The topological polar surface area (TPSA) is 32.7 Å². The zero-order chi connectivity index (χ0) is 13.9. The second-order valence-corrected chi connectivity index (χ2v) is 5.50. The van der Waals surface area contributed by atoms with Gasteiger partial charge in [-0.1, -0.05) is 37.3 Å². The number of carbonyl (C=O) groups is 1. The Hall–Kier alpha value is -1.74. The molecule has 104 valence electrons. The van der Waals surface area contributed by atoms with Gasteiger partial charge in [0.15, 0.2) is 5.78 Å². The molecule has 2 heterocycles. The Morgan fingerprint density at radius 3 is 2.80 bits per heavy atom. The van der Waals surface area contributed by atoms with Crippen LogP contribution in [0.1, 0.15) is 31.7 Å². The first kappa shape index (κ1) is 13.3. The van der Waals surface area contributed by atoms with Crippen molar-refractivity contribution < 1.29 is 4.79 Å². The zero-order valence-corrected chi connectivity index (χ0v) is 11.9. The Kier molecular flexibility index (Phi) is 3.79. The molecule has 0 bridgehead atoms. The van der Waals surface area contributed by atoms with Crippen molar-refractivity contribution >= 4 is 11.5 Å². The highest BCUT2D eigenvalue weighted by molar-refractivity contribution is 6.12. The van der Waals surface area contributed by atoms with E-state index in [1.54, 1.807) is 0 Å². The van der Waals surface area contributed by atoms with Gasteiger partial charge in [0.1, 0.15) is 0 Å². The predicted molar refractivity (Wildman–Crippen MR) is 80.7 cm³/mol. The van der Waals surface area contributed by atoms with E-state index in [9.17, 15) is 4.79 Å². The Balaban J connectivity index is 1.75. The van der Waals surface area contributed by atoms with Crippen LogP contribution in [0.5, 0.6) is 0 Å². The molecule has 2 aliphatic rings. The van der Waals surface area contributed by atoms with Gasteiger partial charge >= 0.3 is 0 Å². The van der Waals surface area contributed by atoms with Crippen molar-refractivity contribution in [1.29, 1.82) is 0 Å². The number of carbonyl (C=O) groups excluding carboxylic acids is 1. The maximum absolute atomic E-state index is 12.1. The van der Waals surface area contributed by atoms with Crippen LogP contribution in [-0.4, -0.2) is 29.5 Å². The number of nitrogens with zero attached hydrogens (tertiary/aromatic N) is 2. The molecule has 20 heavy (non-hydrogen) atoms. The normalized spacial score (nSPS) is 19.9. The predicted octanol–water partition coefficient (Wildman–Crippen LogP) is 2.97. The van der Waals surface area contributed by atoms with Crippen molar-refractivity contribution in [2.24, 2.45) is 4.99 Å².